The van der Waals surface area contributed by atoms with Gasteiger partial charge < -0.3 is 9.47 Å². The van der Waals surface area contributed by atoms with Gasteiger partial charge in [0.1, 0.15) is 12.2 Å². The number of methoxy groups -OCH3 is 1. The lowest BCUT2D eigenvalue weighted by molar-refractivity contribution is -0.384. The number of amides is 4. The maximum absolute atomic E-state index is 13.3. The number of hydrogen-bond acceptors (Lipinski definition) is 7. The van der Waals surface area contributed by atoms with Crippen molar-refractivity contribution >= 4 is 67.2 Å². The van der Waals surface area contributed by atoms with Crippen LogP contribution in [0.1, 0.15) is 16.7 Å². The number of urea groups is 1. The number of imide groups is 2. The molecule has 10 nitrogen and oxygen atoms in total. The van der Waals surface area contributed by atoms with Gasteiger partial charge in [0.15, 0.2) is 11.5 Å². The van der Waals surface area contributed by atoms with Crippen molar-refractivity contribution < 1.29 is 28.8 Å². The molecule has 0 atom stereocenters. The Hall–Kier alpha value is -4.03. The summed E-state index contributed by atoms with van der Waals surface area (Å²) in [6.07, 6.45) is 1.36. The number of nitro groups is 1. The summed E-state index contributed by atoms with van der Waals surface area (Å²) in [6.45, 7) is 1.86. The van der Waals surface area contributed by atoms with Crippen LogP contribution in [0, 0.1) is 17.0 Å². The number of nitro benzene ring substituents is 1. The van der Waals surface area contributed by atoms with E-state index in [4.69, 9.17) is 9.47 Å². The molecule has 1 N–H and O–H groups in total. The molecular formula is C26H19Br2N3O7. The van der Waals surface area contributed by atoms with E-state index in [0.29, 0.717) is 38.3 Å². The highest BCUT2D eigenvalue weighted by atomic mass is 79.9. The summed E-state index contributed by atoms with van der Waals surface area (Å²) >= 11 is 6.79. The molecule has 1 saturated heterocycles. The molecule has 0 bridgehead atoms. The van der Waals surface area contributed by atoms with E-state index in [2.05, 4.69) is 37.2 Å². The monoisotopic (exact) mass is 643 g/mol. The second-order valence-electron chi connectivity index (χ2n) is 8.14. The van der Waals surface area contributed by atoms with Crippen molar-refractivity contribution in [3.05, 3.63) is 95.9 Å². The zero-order chi connectivity index (χ0) is 27.6. The zero-order valence-electron chi connectivity index (χ0n) is 20.0. The minimum absolute atomic E-state index is 0.0261. The van der Waals surface area contributed by atoms with Crippen molar-refractivity contribution in [2.75, 3.05) is 12.0 Å². The first kappa shape index (κ1) is 27.0. The summed E-state index contributed by atoms with van der Waals surface area (Å²) in [5.41, 5.74) is 1.89. The van der Waals surface area contributed by atoms with Crippen LogP contribution in [0.15, 0.2) is 69.1 Å². The van der Waals surface area contributed by atoms with Gasteiger partial charge in [-0.15, -0.1) is 0 Å². The number of nitrogens with zero attached hydrogens (tertiary/aromatic N) is 2. The van der Waals surface area contributed by atoms with Crippen molar-refractivity contribution in [1.82, 2.24) is 5.32 Å². The Morgan fingerprint density at radius 2 is 1.76 bits per heavy atom. The first-order valence-corrected chi connectivity index (χ1v) is 12.6. The molecule has 0 radical (unpaired) electrons. The van der Waals surface area contributed by atoms with E-state index in [1.54, 1.807) is 49.4 Å². The molecule has 0 unspecified atom stereocenters. The van der Waals surface area contributed by atoms with Crippen molar-refractivity contribution in [1.29, 1.82) is 0 Å². The highest BCUT2D eigenvalue weighted by Gasteiger charge is 2.37. The summed E-state index contributed by atoms with van der Waals surface area (Å²) < 4.78 is 12.6. The fourth-order valence-electron chi connectivity index (χ4n) is 3.75. The lowest BCUT2D eigenvalue weighted by atomic mass is 10.1. The molecule has 12 heteroatoms. The molecule has 0 saturated carbocycles. The SMILES string of the molecule is COc1cc(/C=C2/C(=O)NC(=O)N(c3ccc(Br)cc3C)C2=O)cc(Br)c1OCc1ccc([N+](=O)[O-])cc1. The predicted octanol–water partition coefficient (Wildman–Crippen LogP) is 5.68. The molecule has 0 aliphatic carbocycles. The Kier molecular flexibility index (Phi) is 7.93. The third-order valence-corrected chi connectivity index (χ3v) is 6.68. The predicted molar refractivity (Wildman–Crippen MR) is 146 cm³/mol. The van der Waals surface area contributed by atoms with Crippen molar-refractivity contribution in [2.24, 2.45) is 0 Å². The van der Waals surface area contributed by atoms with Gasteiger partial charge in [-0.05, 0) is 88.1 Å². The first-order valence-electron chi connectivity index (χ1n) is 11.0. The van der Waals surface area contributed by atoms with Crippen LogP contribution in [0.3, 0.4) is 0 Å². The lowest BCUT2D eigenvalue weighted by Gasteiger charge is -2.27. The van der Waals surface area contributed by atoms with Gasteiger partial charge in [-0.1, -0.05) is 15.9 Å². The second kappa shape index (κ2) is 11.2. The molecule has 1 fully saturated rings. The third-order valence-electron chi connectivity index (χ3n) is 5.59. The lowest BCUT2D eigenvalue weighted by Crippen LogP contribution is -2.54. The van der Waals surface area contributed by atoms with Gasteiger partial charge in [-0.2, -0.15) is 0 Å². The van der Waals surface area contributed by atoms with Gasteiger partial charge in [0, 0.05) is 16.6 Å². The van der Waals surface area contributed by atoms with Gasteiger partial charge in [-0.25, -0.2) is 9.69 Å². The summed E-state index contributed by atoms with van der Waals surface area (Å²) in [5.74, 6) is -0.916. The Morgan fingerprint density at radius 1 is 1.05 bits per heavy atom. The number of non-ortho nitro benzene ring substituents is 1. The van der Waals surface area contributed by atoms with Crippen LogP contribution in [0.4, 0.5) is 16.2 Å². The van der Waals surface area contributed by atoms with Crippen LogP contribution >= 0.6 is 31.9 Å². The normalized spacial score (nSPS) is 14.5. The zero-order valence-corrected chi connectivity index (χ0v) is 23.2. The number of ether oxygens (including phenoxy) is 2. The Balaban J connectivity index is 1.62. The molecule has 0 spiro atoms. The fraction of sp³-hybridized carbons (Fsp3) is 0.115. The third kappa shape index (κ3) is 5.60. The number of carbonyl (C=O) groups excluding carboxylic acids is 3. The number of nitrogens with one attached hydrogen (secondary N) is 1. The summed E-state index contributed by atoms with van der Waals surface area (Å²) in [7, 11) is 1.44. The van der Waals surface area contributed by atoms with Gasteiger partial charge in [-0.3, -0.25) is 25.0 Å². The molecule has 1 aliphatic heterocycles. The van der Waals surface area contributed by atoms with Crippen LogP contribution in [-0.4, -0.2) is 29.9 Å². The highest BCUT2D eigenvalue weighted by Crippen LogP contribution is 2.38. The number of anilines is 1. The van der Waals surface area contributed by atoms with Gasteiger partial charge in [0.05, 0.1) is 22.2 Å². The second-order valence-corrected chi connectivity index (χ2v) is 9.91. The van der Waals surface area contributed by atoms with E-state index in [1.165, 1.54) is 25.3 Å². The van der Waals surface area contributed by atoms with E-state index in [9.17, 15) is 24.5 Å². The quantitative estimate of drug-likeness (QED) is 0.152. The van der Waals surface area contributed by atoms with E-state index in [-0.39, 0.29) is 17.9 Å². The minimum Gasteiger partial charge on any atom is -0.493 e. The molecular weight excluding hydrogens is 626 g/mol. The maximum Gasteiger partial charge on any atom is 0.335 e. The molecule has 3 aromatic carbocycles. The number of hydrogen-bond donors (Lipinski definition) is 1. The summed E-state index contributed by atoms with van der Waals surface area (Å²) in [6, 6.07) is 13.4. The molecule has 194 valence electrons. The van der Waals surface area contributed by atoms with Crippen LogP contribution < -0.4 is 19.7 Å². The fourth-order valence-corrected chi connectivity index (χ4v) is 4.79. The largest absolute Gasteiger partial charge is 0.493 e. The number of aryl methyl sites for hydroxylation is 1. The number of benzene rings is 3. The molecule has 4 rings (SSSR count). The van der Waals surface area contributed by atoms with E-state index >= 15 is 0 Å². The molecule has 1 heterocycles. The molecule has 3 aromatic rings. The van der Waals surface area contributed by atoms with Gasteiger partial charge >= 0.3 is 6.03 Å². The molecule has 38 heavy (non-hydrogen) atoms. The van der Waals surface area contributed by atoms with Crippen LogP contribution in [-0.2, 0) is 16.2 Å². The van der Waals surface area contributed by atoms with Crippen LogP contribution in [0.5, 0.6) is 11.5 Å². The van der Waals surface area contributed by atoms with Crippen molar-refractivity contribution in [3.63, 3.8) is 0 Å². The van der Waals surface area contributed by atoms with Crippen molar-refractivity contribution in [3.8, 4) is 11.5 Å². The average Bonchev–Trinajstić information content (AvgIpc) is 2.87. The van der Waals surface area contributed by atoms with Gasteiger partial charge in [0.2, 0.25) is 0 Å². The number of halogens is 2. The Morgan fingerprint density at radius 3 is 2.39 bits per heavy atom. The highest BCUT2D eigenvalue weighted by molar-refractivity contribution is 9.10. The van der Waals surface area contributed by atoms with E-state index in [1.807, 2.05) is 0 Å². The molecule has 0 aromatic heterocycles. The smallest absolute Gasteiger partial charge is 0.335 e. The Bertz CT molecular complexity index is 1500. The van der Waals surface area contributed by atoms with Gasteiger partial charge in [0.25, 0.3) is 17.5 Å². The van der Waals surface area contributed by atoms with Crippen molar-refractivity contribution in [2.45, 2.75) is 13.5 Å². The maximum atomic E-state index is 13.3. The number of barbiturate groups is 1. The summed E-state index contributed by atoms with van der Waals surface area (Å²) in [4.78, 5) is 49.7. The number of carbonyl (C=O) groups is 3. The minimum atomic E-state index is -0.837. The summed E-state index contributed by atoms with van der Waals surface area (Å²) in [5, 5.41) is 13.1. The van der Waals surface area contributed by atoms with Crippen LogP contribution in [0.2, 0.25) is 0 Å². The first-order chi connectivity index (χ1) is 18.1. The van der Waals surface area contributed by atoms with E-state index < -0.39 is 22.8 Å². The standard InChI is InChI=1S/C26H19Br2N3O7/c1-14-9-17(27)5-8-21(14)30-25(33)19(24(32)29-26(30)34)10-16-11-20(28)23(22(12-16)37-2)38-13-15-3-6-18(7-4-15)31(35)36/h3-12H,13H2,1-2H3,(H,29,32,34)/b19-10-. The molecule has 4 amide bonds. The van der Waals surface area contributed by atoms with Crippen LogP contribution in [0.25, 0.3) is 6.08 Å². The molecule has 1 aliphatic rings. The van der Waals surface area contributed by atoms with E-state index in [0.717, 1.165) is 9.37 Å². The average molecular weight is 645 g/mol. The topological polar surface area (TPSA) is 128 Å². The number of rotatable bonds is 7. The Labute approximate surface area is 233 Å².